The molecule has 2 fully saturated rings. The number of pyridine rings is 1. The molecule has 1 atom stereocenters. The van der Waals surface area contributed by atoms with Crippen LogP contribution in [0.1, 0.15) is 43.2 Å². The molecule has 0 bridgehead atoms. The number of ether oxygens (including phenoxy) is 1. The van der Waals surface area contributed by atoms with Crippen molar-refractivity contribution in [1.29, 1.82) is 0 Å². The molecule has 2 aliphatic heterocycles. The van der Waals surface area contributed by atoms with E-state index in [0.29, 0.717) is 36.4 Å². The first-order chi connectivity index (χ1) is 20.0. The standard InChI is InChI=1S/C31H36N6O3S/c1-22-12-13-25-23(21-41(38,39)37-18-3-2-4-19-37)8-5-10-26(25)29(22)40-30-27(11-7-16-33-30)28-14-17-34-31(36-28)35-24-9-6-15-32-20-24/h5,7-8,10-14,16-17,24,32H,2-4,6,9,15,18-21H2,1H3,(H,34,35,36)/t24-/m0/s1. The highest BCUT2D eigenvalue weighted by atomic mass is 32.2. The van der Waals surface area contributed by atoms with Gasteiger partial charge in [-0.15, -0.1) is 0 Å². The lowest BCUT2D eigenvalue weighted by atomic mass is 10.0. The van der Waals surface area contributed by atoms with Crippen molar-refractivity contribution in [2.75, 3.05) is 31.5 Å². The van der Waals surface area contributed by atoms with Gasteiger partial charge in [0.2, 0.25) is 21.9 Å². The summed E-state index contributed by atoms with van der Waals surface area (Å²) in [7, 11) is -3.41. The fourth-order valence-electron chi connectivity index (χ4n) is 5.70. The molecular weight excluding hydrogens is 536 g/mol. The lowest BCUT2D eigenvalue weighted by Crippen LogP contribution is -2.38. The predicted octanol–water partition coefficient (Wildman–Crippen LogP) is 5.27. The van der Waals surface area contributed by atoms with E-state index in [-0.39, 0.29) is 11.8 Å². The minimum Gasteiger partial charge on any atom is -0.437 e. The Morgan fingerprint density at radius 3 is 2.68 bits per heavy atom. The SMILES string of the molecule is Cc1ccc2c(CS(=O)(=O)N3CCCCC3)cccc2c1Oc1ncccc1-c1ccnc(N[C@H]2CCCNC2)n1. The van der Waals surface area contributed by atoms with Crippen molar-refractivity contribution in [2.24, 2.45) is 0 Å². The number of rotatable bonds is 8. The molecule has 9 nitrogen and oxygen atoms in total. The fraction of sp³-hybridized carbons (Fsp3) is 0.387. The Balaban J connectivity index is 1.31. The molecule has 2 aromatic carbocycles. The zero-order valence-electron chi connectivity index (χ0n) is 23.3. The first-order valence-electron chi connectivity index (χ1n) is 14.4. The molecule has 4 aromatic rings. The highest BCUT2D eigenvalue weighted by Crippen LogP contribution is 2.38. The van der Waals surface area contributed by atoms with Crippen LogP contribution in [0.2, 0.25) is 0 Å². The van der Waals surface area contributed by atoms with Crippen LogP contribution in [-0.2, 0) is 15.8 Å². The smallest absolute Gasteiger partial charge is 0.228 e. The Hall–Kier alpha value is -3.60. The average Bonchev–Trinajstić information content (AvgIpc) is 3.00. The molecule has 0 aliphatic carbocycles. The fourth-order valence-corrected chi connectivity index (χ4v) is 7.34. The maximum atomic E-state index is 13.3. The van der Waals surface area contributed by atoms with E-state index in [0.717, 1.165) is 72.7 Å². The van der Waals surface area contributed by atoms with Crippen molar-refractivity contribution in [3.8, 4) is 22.9 Å². The monoisotopic (exact) mass is 572 g/mol. The molecule has 214 valence electrons. The van der Waals surface area contributed by atoms with E-state index >= 15 is 0 Å². The molecule has 2 N–H and O–H groups in total. The van der Waals surface area contributed by atoms with Crippen molar-refractivity contribution in [1.82, 2.24) is 24.6 Å². The molecular formula is C31H36N6O3S. The first kappa shape index (κ1) is 27.6. The summed E-state index contributed by atoms with van der Waals surface area (Å²) in [5.41, 5.74) is 3.16. The number of nitrogens with one attached hydrogen (secondary N) is 2. The number of aryl methyl sites for hydroxylation is 1. The van der Waals surface area contributed by atoms with Crippen LogP contribution >= 0.6 is 0 Å². The molecule has 2 aromatic heterocycles. The van der Waals surface area contributed by atoms with Gasteiger partial charge in [0.1, 0.15) is 5.75 Å². The van der Waals surface area contributed by atoms with Crippen molar-refractivity contribution in [3.05, 3.63) is 72.1 Å². The molecule has 4 heterocycles. The van der Waals surface area contributed by atoms with Crippen LogP contribution in [-0.4, -0.2) is 59.9 Å². The van der Waals surface area contributed by atoms with E-state index in [4.69, 9.17) is 9.72 Å². The minimum atomic E-state index is -3.41. The lowest BCUT2D eigenvalue weighted by Gasteiger charge is -2.26. The summed E-state index contributed by atoms with van der Waals surface area (Å²) in [5, 5.41) is 8.56. The van der Waals surface area contributed by atoms with Crippen LogP contribution in [0.5, 0.6) is 11.6 Å². The number of aromatic nitrogens is 3. The first-order valence-corrected chi connectivity index (χ1v) is 16.0. The van der Waals surface area contributed by atoms with Gasteiger partial charge in [0, 0.05) is 43.5 Å². The maximum Gasteiger partial charge on any atom is 0.228 e. The van der Waals surface area contributed by atoms with Gasteiger partial charge in [-0.25, -0.2) is 27.7 Å². The van der Waals surface area contributed by atoms with E-state index in [9.17, 15) is 8.42 Å². The molecule has 6 rings (SSSR count). The van der Waals surface area contributed by atoms with Gasteiger partial charge in [-0.3, -0.25) is 0 Å². The second-order valence-electron chi connectivity index (χ2n) is 10.9. The number of anilines is 1. The number of nitrogens with zero attached hydrogens (tertiary/aromatic N) is 4. The Morgan fingerprint density at radius 1 is 0.976 bits per heavy atom. The third-order valence-corrected chi connectivity index (χ3v) is 9.70. The summed E-state index contributed by atoms with van der Waals surface area (Å²) >= 11 is 0. The van der Waals surface area contributed by atoms with Crippen LogP contribution in [0.4, 0.5) is 5.95 Å². The van der Waals surface area contributed by atoms with Gasteiger partial charge in [0.05, 0.1) is 17.0 Å². The molecule has 2 saturated heterocycles. The highest BCUT2D eigenvalue weighted by Gasteiger charge is 2.25. The van der Waals surface area contributed by atoms with Crippen LogP contribution in [0.25, 0.3) is 22.0 Å². The number of hydrogen-bond acceptors (Lipinski definition) is 8. The number of fused-ring (bicyclic) bond motifs is 1. The van der Waals surface area contributed by atoms with Crippen molar-refractivity contribution < 1.29 is 13.2 Å². The van der Waals surface area contributed by atoms with Crippen LogP contribution in [0.3, 0.4) is 0 Å². The van der Waals surface area contributed by atoms with E-state index in [2.05, 4.69) is 20.6 Å². The Kier molecular flexibility index (Phi) is 8.13. The van der Waals surface area contributed by atoms with Gasteiger partial charge < -0.3 is 15.4 Å². The minimum absolute atomic E-state index is 0.0328. The molecule has 0 unspecified atom stereocenters. The van der Waals surface area contributed by atoms with Crippen molar-refractivity contribution >= 4 is 26.7 Å². The number of sulfonamides is 1. The molecule has 10 heteroatoms. The van der Waals surface area contributed by atoms with Crippen molar-refractivity contribution in [2.45, 2.75) is 50.8 Å². The van der Waals surface area contributed by atoms with Gasteiger partial charge in [-0.05, 0) is 73.9 Å². The molecule has 0 spiro atoms. The summed E-state index contributed by atoms with van der Waals surface area (Å²) in [6, 6.07) is 15.7. The zero-order valence-corrected chi connectivity index (χ0v) is 24.2. The van der Waals surface area contributed by atoms with Gasteiger partial charge in [-0.2, -0.15) is 0 Å². The van der Waals surface area contributed by atoms with Crippen LogP contribution < -0.4 is 15.4 Å². The molecule has 2 aliphatic rings. The van der Waals surface area contributed by atoms with Crippen LogP contribution in [0, 0.1) is 6.92 Å². The summed E-state index contributed by atoms with van der Waals surface area (Å²) in [6.45, 7) is 5.11. The molecule has 0 amide bonds. The molecule has 0 saturated carbocycles. The Morgan fingerprint density at radius 2 is 1.85 bits per heavy atom. The second-order valence-corrected chi connectivity index (χ2v) is 12.8. The van der Waals surface area contributed by atoms with Gasteiger partial charge in [0.15, 0.2) is 0 Å². The third-order valence-electron chi connectivity index (χ3n) is 7.88. The van der Waals surface area contributed by atoms with Crippen LogP contribution in [0.15, 0.2) is 60.9 Å². The quantitative estimate of drug-likeness (QED) is 0.294. The number of piperidine rings is 2. The summed E-state index contributed by atoms with van der Waals surface area (Å²) < 4.78 is 34.7. The molecule has 41 heavy (non-hydrogen) atoms. The highest BCUT2D eigenvalue weighted by molar-refractivity contribution is 7.88. The average molecular weight is 573 g/mol. The lowest BCUT2D eigenvalue weighted by molar-refractivity contribution is 0.346. The van der Waals surface area contributed by atoms with Crippen molar-refractivity contribution in [3.63, 3.8) is 0 Å². The topological polar surface area (TPSA) is 109 Å². The predicted molar refractivity (Wildman–Crippen MR) is 162 cm³/mol. The summed E-state index contributed by atoms with van der Waals surface area (Å²) in [6.07, 6.45) is 8.55. The Bertz CT molecular complexity index is 1630. The largest absolute Gasteiger partial charge is 0.437 e. The van der Waals surface area contributed by atoms with Gasteiger partial charge in [0.25, 0.3) is 0 Å². The second kappa shape index (κ2) is 12.1. The number of hydrogen-bond donors (Lipinski definition) is 2. The number of benzene rings is 2. The van der Waals surface area contributed by atoms with E-state index in [1.165, 1.54) is 0 Å². The Labute approximate surface area is 241 Å². The van der Waals surface area contributed by atoms with E-state index < -0.39 is 10.0 Å². The zero-order chi connectivity index (χ0) is 28.2. The van der Waals surface area contributed by atoms with E-state index in [1.54, 1.807) is 16.7 Å². The maximum absolute atomic E-state index is 13.3. The van der Waals surface area contributed by atoms with E-state index in [1.807, 2.05) is 55.5 Å². The van der Waals surface area contributed by atoms with Gasteiger partial charge in [-0.1, -0.05) is 36.8 Å². The third kappa shape index (κ3) is 6.19. The summed E-state index contributed by atoms with van der Waals surface area (Å²) in [4.78, 5) is 13.8. The summed E-state index contributed by atoms with van der Waals surface area (Å²) in [5.74, 6) is 1.63. The van der Waals surface area contributed by atoms with Gasteiger partial charge >= 0.3 is 0 Å². The molecule has 0 radical (unpaired) electrons. The normalized spacial score (nSPS) is 18.3.